The normalized spacial score (nSPS) is 15.8. The van der Waals surface area contributed by atoms with E-state index in [1.165, 1.54) is 23.2 Å². The number of carbonyl (C=O) groups excluding carboxylic acids is 1. The third-order valence-electron chi connectivity index (χ3n) is 3.93. The van der Waals surface area contributed by atoms with Crippen molar-refractivity contribution in [1.29, 1.82) is 0 Å². The quantitative estimate of drug-likeness (QED) is 0.829. The molecule has 3 N–H and O–H groups in total. The Morgan fingerprint density at radius 3 is 3.00 bits per heavy atom. The molecule has 0 spiro atoms. The fourth-order valence-electron chi connectivity index (χ4n) is 2.91. The highest BCUT2D eigenvalue weighted by atomic mass is 16.1. The molecule has 0 aromatic heterocycles. The van der Waals surface area contributed by atoms with Crippen molar-refractivity contribution in [3.63, 3.8) is 0 Å². The highest BCUT2D eigenvalue weighted by Gasteiger charge is 2.19. The van der Waals surface area contributed by atoms with Crippen LogP contribution in [0.15, 0.2) is 18.2 Å². The molecule has 0 aliphatic carbocycles. The summed E-state index contributed by atoms with van der Waals surface area (Å²) in [6.45, 7) is 6.83. The Hall–Kier alpha value is -1.55. The van der Waals surface area contributed by atoms with Crippen LogP contribution in [0.5, 0.6) is 0 Å². The molecule has 110 valence electrons. The number of hydrogen-bond acceptors (Lipinski definition) is 3. The van der Waals surface area contributed by atoms with Gasteiger partial charge in [-0.25, -0.2) is 0 Å². The highest BCUT2D eigenvalue weighted by molar-refractivity contribution is 5.79. The summed E-state index contributed by atoms with van der Waals surface area (Å²) in [7, 11) is 0. The Balaban J connectivity index is 2.03. The minimum Gasteiger partial charge on any atom is -0.371 e. The summed E-state index contributed by atoms with van der Waals surface area (Å²) in [6.07, 6.45) is 3.09. The molecule has 1 aliphatic heterocycles. The number of amides is 1. The number of primary amides is 1. The molecule has 20 heavy (non-hydrogen) atoms. The smallest absolute Gasteiger partial charge is 0.234 e. The Morgan fingerprint density at radius 1 is 1.50 bits per heavy atom. The summed E-state index contributed by atoms with van der Waals surface area (Å²) in [5.74, 6) is -0.256. The second-order valence-electron chi connectivity index (χ2n) is 5.52. The van der Waals surface area contributed by atoms with Crippen LogP contribution in [0, 0.1) is 6.92 Å². The number of benzene rings is 1. The van der Waals surface area contributed by atoms with Gasteiger partial charge >= 0.3 is 0 Å². The summed E-state index contributed by atoms with van der Waals surface area (Å²) in [6, 6.07) is 6.41. The van der Waals surface area contributed by atoms with Crippen molar-refractivity contribution in [2.24, 2.45) is 5.73 Å². The van der Waals surface area contributed by atoms with Crippen molar-refractivity contribution in [1.82, 2.24) is 5.32 Å². The lowest BCUT2D eigenvalue weighted by Gasteiger charge is -2.32. The van der Waals surface area contributed by atoms with Crippen LogP contribution in [0.1, 0.15) is 30.9 Å². The molecule has 0 saturated carbocycles. The molecule has 1 atom stereocenters. The van der Waals surface area contributed by atoms with Crippen molar-refractivity contribution in [2.75, 3.05) is 24.5 Å². The van der Waals surface area contributed by atoms with Gasteiger partial charge in [-0.3, -0.25) is 4.79 Å². The van der Waals surface area contributed by atoms with Gasteiger partial charge in [0, 0.05) is 18.8 Å². The molecule has 1 amide bonds. The van der Waals surface area contributed by atoms with E-state index in [-0.39, 0.29) is 11.9 Å². The number of nitrogens with two attached hydrogens (primary N) is 1. The summed E-state index contributed by atoms with van der Waals surface area (Å²) >= 11 is 0. The van der Waals surface area contributed by atoms with E-state index in [1.54, 1.807) is 0 Å². The molecule has 1 unspecified atom stereocenters. The lowest BCUT2D eigenvalue weighted by Crippen LogP contribution is -2.44. The van der Waals surface area contributed by atoms with Crippen molar-refractivity contribution in [3.05, 3.63) is 29.3 Å². The van der Waals surface area contributed by atoms with E-state index in [9.17, 15) is 4.79 Å². The molecule has 4 nitrogen and oxygen atoms in total. The van der Waals surface area contributed by atoms with Gasteiger partial charge in [-0.05, 0) is 44.4 Å². The van der Waals surface area contributed by atoms with E-state index < -0.39 is 0 Å². The SMILES string of the molecule is CCNC(CCN1CCCc2cc(C)ccc21)C(N)=O. The average molecular weight is 275 g/mol. The number of nitrogens with zero attached hydrogens (tertiary/aromatic N) is 1. The van der Waals surface area contributed by atoms with Gasteiger partial charge in [0.2, 0.25) is 5.91 Å². The van der Waals surface area contributed by atoms with E-state index in [0.29, 0.717) is 0 Å². The number of hydrogen-bond donors (Lipinski definition) is 2. The first-order valence-electron chi connectivity index (χ1n) is 7.49. The van der Waals surface area contributed by atoms with E-state index in [0.717, 1.165) is 32.5 Å². The van der Waals surface area contributed by atoms with Crippen LogP contribution in [-0.4, -0.2) is 31.6 Å². The van der Waals surface area contributed by atoms with Gasteiger partial charge in [-0.2, -0.15) is 0 Å². The van der Waals surface area contributed by atoms with Gasteiger partial charge in [0.05, 0.1) is 6.04 Å². The summed E-state index contributed by atoms with van der Waals surface area (Å²) in [5, 5.41) is 3.15. The third-order valence-corrected chi connectivity index (χ3v) is 3.93. The first kappa shape index (κ1) is 14.9. The molecule has 0 bridgehead atoms. The van der Waals surface area contributed by atoms with Crippen molar-refractivity contribution < 1.29 is 4.79 Å². The Bertz CT molecular complexity index is 473. The fourth-order valence-corrected chi connectivity index (χ4v) is 2.91. The molecule has 4 heteroatoms. The van der Waals surface area contributed by atoms with Gasteiger partial charge in [0.15, 0.2) is 0 Å². The monoisotopic (exact) mass is 275 g/mol. The molecule has 0 radical (unpaired) electrons. The zero-order chi connectivity index (χ0) is 14.5. The van der Waals surface area contributed by atoms with Crippen LogP contribution in [0.3, 0.4) is 0 Å². The van der Waals surface area contributed by atoms with E-state index in [2.05, 4.69) is 35.3 Å². The number of anilines is 1. The molecule has 1 aromatic carbocycles. The molecular weight excluding hydrogens is 250 g/mol. The third kappa shape index (κ3) is 3.51. The van der Waals surface area contributed by atoms with Gasteiger partial charge < -0.3 is 16.0 Å². The van der Waals surface area contributed by atoms with Gasteiger partial charge in [-0.1, -0.05) is 24.6 Å². The van der Waals surface area contributed by atoms with E-state index in [1.807, 2.05) is 6.92 Å². The lowest BCUT2D eigenvalue weighted by molar-refractivity contribution is -0.120. The number of likely N-dealkylation sites (N-methyl/N-ethyl adjacent to an activating group) is 1. The lowest BCUT2D eigenvalue weighted by atomic mass is 9.99. The minimum atomic E-state index is -0.256. The van der Waals surface area contributed by atoms with E-state index in [4.69, 9.17) is 5.73 Å². The van der Waals surface area contributed by atoms with Crippen molar-refractivity contribution >= 4 is 11.6 Å². The molecule has 2 rings (SSSR count). The number of aryl methyl sites for hydroxylation is 2. The second kappa shape index (κ2) is 6.75. The number of fused-ring (bicyclic) bond motifs is 1. The topological polar surface area (TPSA) is 58.4 Å². The van der Waals surface area contributed by atoms with Crippen LogP contribution in [-0.2, 0) is 11.2 Å². The maximum atomic E-state index is 11.4. The maximum absolute atomic E-state index is 11.4. The Kier molecular flexibility index (Phi) is 5.01. The van der Waals surface area contributed by atoms with Crippen molar-refractivity contribution in [2.45, 2.75) is 39.2 Å². The molecule has 0 fully saturated rings. The van der Waals surface area contributed by atoms with Crippen LogP contribution in [0.25, 0.3) is 0 Å². The number of nitrogens with one attached hydrogen (secondary N) is 1. The predicted octanol–water partition coefficient (Wildman–Crippen LogP) is 1.60. The van der Waals surface area contributed by atoms with Crippen molar-refractivity contribution in [3.8, 4) is 0 Å². The Labute approximate surface area is 121 Å². The molecule has 1 heterocycles. The minimum absolute atomic E-state index is 0.226. The molecule has 1 aliphatic rings. The number of rotatable bonds is 6. The van der Waals surface area contributed by atoms with Gasteiger partial charge in [0.25, 0.3) is 0 Å². The van der Waals surface area contributed by atoms with Crippen LogP contribution < -0.4 is 16.0 Å². The predicted molar refractivity (Wildman–Crippen MR) is 83.0 cm³/mol. The first-order chi connectivity index (χ1) is 9.61. The molecule has 1 aromatic rings. The zero-order valence-electron chi connectivity index (χ0n) is 12.5. The summed E-state index contributed by atoms with van der Waals surface area (Å²) in [4.78, 5) is 13.8. The Morgan fingerprint density at radius 2 is 2.30 bits per heavy atom. The maximum Gasteiger partial charge on any atom is 0.234 e. The van der Waals surface area contributed by atoms with Crippen LogP contribution in [0.4, 0.5) is 5.69 Å². The van der Waals surface area contributed by atoms with Gasteiger partial charge in [0.1, 0.15) is 0 Å². The van der Waals surface area contributed by atoms with Gasteiger partial charge in [-0.15, -0.1) is 0 Å². The molecular formula is C16H25N3O. The molecule has 0 saturated heterocycles. The standard InChI is InChI=1S/C16H25N3O/c1-3-18-14(16(17)20)8-10-19-9-4-5-13-11-12(2)6-7-15(13)19/h6-7,11,14,18H,3-5,8-10H2,1-2H3,(H2,17,20). The second-order valence-corrected chi connectivity index (χ2v) is 5.52. The van der Waals surface area contributed by atoms with E-state index >= 15 is 0 Å². The largest absolute Gasteiger partial charge is 0.371 e. The highest BCUT2D eigenvalue weighted by Crippen LogP contribution is 2.28. The number of carbonyl (C=O) groups is 1. The zero-order valence-corrected chi connectivity index (χ0v) is 12.5. The van der Waals surface area contributed by atoms with Crippen LogP contribution >= 0.6 is 0 Å². The summed E-state index contributed by atoms with van der Waals surface area (Å²) in [5.41, 5.74) is 9.49. The fraction of sp³-hybridized carbons (Fsp3) is 0.562. The first-order valence-corrected chi connectivity index (χ1v) is 7.49. The average Bonchev–Trinajstić information content (AvgIpc) is 2.42. The van der Waals surface area contributed by atoms with Crippen LogP contribution in [0.2, 0.25) is 0 Å². The summed E-state index contributed by atoms with van der Waals surface area (Å²) < 4.78 is 0.